The molecule has 1 N–H and O–H groups in total. The normalized spacial score (nSPS) is 19.8. The van der Waals surface area contributed by atoms with E-state index in [0.717, 1.165) is 23.0 Å². The van der Waals surface area contributed by atoms with E-state index in [4.69, 9.17) is 0 Å². The number of nitrogens with zero attached hydrogens (tertiary/aromatic N) is 2. The molecule has 2 aromatic carbocycles. The Bertz CT molecular complexity index is 1320. The van der Waals surface area contributed by atoms with Crippen molar-refractivity contribution in [1.29, 1.82) is 0 Å². The van der Waals surface area contributed by atoms with E-state index in [2.05, 4.69) is 60.3 Å². The molecule has 5 rings (SSSR count). The quantitative estimate of drug-likeness (QED) is 0.288. The number of rotatable bonds is 6. The Balaban J connectivity index is 0.00000133. The summed E-state index contributed by atoms with van der Waals surface area (Å²) in [6, 6.07) is 9.93. The number of aryl methyl sites for hydroxylation is 2. The van der Waals surface area contributed by atoms with Crippen molar-refractivity contribution in [2.45, 2.75) is 73.1 Å². The highest BCUT2D eigenvalue weighted by Gasteiger charge is 2.38. The molecular weight excluding hydrogens is 421 g/mol. The summed E-state index contributed by atoms with van der Waals surface area (Å²) >= 11 is 0. The van der Waals surface area contributed by atoms with E-state index < -0.39 is 0 Å². The molecule has 0 amide bonds. The Labute approximate surface area is 203 Å². The molecule has 0 radical (unpaired) electrons. The van der Waals surface area contributed by atoms with E-state index in [1.807, 2.05) is 39.1 Å². The summed E-state index contributed by atoms with van der Waals surface area (Å²) in [4.78, 5) is 0. The summed E-state index contributed by atoms with van der Waals surface area (Å²) in [5, 5.41) is 9.76. The van der Waals surface area contributed by atoms with Gasteiger partial charge in [-0.05, 0) is 91.3 Å². The van der Waals surface area contributed by atoms with Crippen molar-refractivity contribution in [1.82, 2.24) is 14.8 Å². The second-order valence-corrected chi connectivity index (χ2v) is 10.3. The van der Waals surface area contributed by atoms with Crippen molar-refractivity contribution in [2.75, 3.05) is 0 Å². The maximum absolute atomic E-state index is 14.1. The minimum absolute atomic E-state index is 0.163. The molecule has 0 aliphatic heterocycles. The molecule has 0 bridgehead atoms. The fraction of sp³-hybridized carbons (Fsp3) is 0.433. The van der Waals surface area contributed by atoms with Gasteiger partial charge in [-0.15, -0.1) is 6.58 Å². The van der Waals surface area contributed by atoms with Crippen LogP contribution in [-0.2, 0) is 6.42 Å². The number of fused-ring (bicyclic) bond motifs is 2. The van der Waals surface area contributed by atoms with Crippen LogP contribution in [0.5, 0.6) is 0 Å². The van der Waals surface area contributed by atoms with Crippen LogP contribution in [0.25, 0.3) is 27.5 Å². The molecule has 3 nitrogen and oxygen atoms in total. The number of nitrogens with one attached hydrogen (secondary N) is 1. The third-order valence-electron chi connectivity index (χ3n) is 7.44. The number of H-pyrrole nitrogens is 1. The summed E-state index contributed by atoms with van der Waals surface area (Å²) < 4.78 is 16.4. The number of hydrogen-bond acceptors (Lipinski definition) is 1. The third-order valence-corrected chi connectivity index (χ3v) is 7.44. The number of halogens is 1. The molecule has 1 saturated carbocycles. The maximum atomic E-state index is 14.1. The zero-order valence-electron chi connectivity index (χ0n) is 21.5. The van der Waals surface area contributed by atoms with E-state index in [9.17, 15) is 4.39 Å². The maximum Gasteiger partial charge on any atom is 0.126 e. The Kier molecular flexibility index (Phi) is 6.71. The Morgan fingerprint density at radius 1 is 1.24 bits per heavy atom. The van der Waals surface area contributed by atoms with Crippen molar-refractivity contribution in [3.05, 3.63) is 71.8 Å². The standard InChI is InChI=1S/C28H32FN3.C2H6/c1-6-19-14-28(5,15-19)10-9-22-23-13-25-20(16-30-31-25)12-26(23)32(27(22)17(2)3)21-7-8-24(29)18(4)11-21;1-2/h6-8,11-13,16-17,19H,1,9-10,14-15H2,2-5H3,(H,30,31);1-2H3. The van der Waals surface area contributed by atoms with E-state index in [-0.39, 0.29) is 5.82 Å². The van der Waals surface area contributed by atoms with E-state index in [0.29, 0.717) is 22.8 Å². The molecule has 4 aromatic rings. The molecule has 0 saturated heterocycles. The van der Waals surface area contributed by atoms with Crippen LogP contribution in [0.3, 0.4) is 0 Å². The zero-order chi connectivity index (χ0) is 24.6. The largest absolute Gasteiger partial charge is 0.313 e. The minimum Gasteiger partial charge on any atom is -0.313 e. The topological polar surface area (TPSA) is 33.6 Å². The Morgan fingerprint density at radius 3 is 2.62 bits per heavy atom. The van der Waals surface area contributed by atoms with Gasteiger partial charge in [-0.25, -0.2) is 4.39 Å². The number of benzene rings is 2. The summed E-state index contributed by atoms with van der Waals surface area (Å²) in [5.74, 6) is 0.843. The van der Waals surface area contributed by atoms with Gasteiger partial charge in [0.1, 0.15) is 5.82 Å². The van der Waals surface area contributed by atoms with Gasteiger partial charge in [0.2, 0.25) is 0 Å². The van der Waals surface area contributed by atoms with E-state index in [1.165, 1.54) is 41.4 Å². The lowest BCUT2D eigenvalue weighted by Crippen LogP contribution is -2.33. The lowest BCUT2D eigenvalue weighted by Gasteiger charge is -2.44. The summed E-state index contributed by atoms with van der Waals surface area (Å²) in [6.07, 6.45) is 8.65. The van der Waals surface area contributed by atoms with E-state index >= 15 is 0 Å². The lowest BCUT2D eigenvalue weighted by molar-refractivity contribution is 0.0958. The second kappa shape index (κ2) is 9.40. The summed E-state index contributed by atoms with van der Waals surface area (Å²) in [5.41, 5.74) is 7.04. The molecule has 2 aromatic heterocycles. The minimum atomic E-state index is -0.163. The van der Waals surface area contributed by atoms with Gasteiger partial charge in [-0.1, -0.05) is 40.7 Å². The monoisotopic (exact) mass is 459 g/mol. The molecule has 1 aliphatic carbocycles. The fourth-order valence-corrected chi connectivity index (χ4v) is 5.73. The van der Waals surface area contributed by atoms with Crippen LogP contribution in [-0.4, -0.2) is 14.8 Å². The van der Waals surface area contributed by atoms with Crippen LogP contribution in [0, 0.1) is 24.1 Å². The van der Waals surface area contributed by atoms with Gasteiger partial charge < -0.3 is 4.57 Å². The van der Waals surface area contributed by atoms with Gasteiger partial charge in [0.15, 0.2) is 0 Å². The number of aromatic nitrogens is 3. The molecule has 1 fully saturated rings. The lowest BCUT2D eigenvalue weighted by atomic mass is 9.61. The van der Waals surface area contributed by atoms with Gasteiger partial charge in [0.05, 0.1) is 17.2 Å². The summed E-state index contributed by atoms with van der Waals surface area (Å²) in [7, 11) is 0. The van der Waals surface area contributed by atoms with Crippen LogP contribution in [0.2, 0.25) is 0 Å². The highest BCUT2D eigenvalue weighted by Crippen LogP contribution is 2.49. The van der Waals surface area contributed by atoms with Crippen molar-refractivity contribution >= 4 is 21.8 Å². The van der Waals surface area contributed by atoms with E-state index in [1.54, 1.807) is 6.07 Å². The first-order chi connectivity index (χ1) is 16.3. The summed E-state index contributed by atoms with van der Waals surface area (Å²) in [6.45, 7) is 16.8. The van der Waals surface area contributed by atoms with Crippen molar-refractivity contribution in [2.24, 2.45) is 11.3 Å². The number of allylic oxidation sites excluding steroid dienone is 1. The predicted octanol–water partition coefficient (Wildman–Crippen LogP) is 8.64. The third kappa shape index (κ3) is 4.19. The van der Waals surface area contributed by atoms with Crippen LogP contribution >= 0.6 is 0 Å². The molecule has 1 aliphatic rings. The Morgan fingerprint density at radius 2 is 1.97 bits per heavy atom. The van der Waals surface area contributed by atoms with Gasteiger partial charge in [-0.3, -0.25) is 5.10 Å². The first kappa shape index (κ1) is 24.3. The van der Waals surface area contributed by atoms with Crippen LogP contribution in [0.1, 0.15) is 76.6 Å². The van der Waals surface area contributed by atoms with Crippen LogP contribution in [0.15, 0.2) is 49.2 Å². The molecule has 180 valence electrons. The van der Waals surface area contributed by atoms with Crippen LogP contribution in [0.4, 0.5) is 4.39 Å². The molecule has 0 spiro atoms. The molecule has 2 heterocycles. The molecule has 0 atom stereocenters. The SMILES string of the molecule is C=CC1CC(C)(CCc2c(C(C)C)n(-c3ccc(F)c(C)c3)c3cc4cn[nH]c4cc23)C1.CC. The molecule has 0 unspecified atom stereocenters. The van der Waals surface area contributed by atoms with Crippen molar-refractivity contribution < 1.29 is 4.39 Å². The van der Waals surface area contributed by atoms with Gasteiger partial charge in [-0.2, -0.15) is 5.10 Å². The van der Waals surface area contributed by atoms with Crippen molar-refractivity contribution in [3.8, 4) is 5.69 Å². The van der Waals surface area contributed by atoms with Gasteiger partial charge in [0, 0.05) is 22.2 Å². The van der Waals surface area contributed by atoms with Crippen molar-refractivity contribution in [3.63, 3.8) is 0 Å². The number of hydrogen-bond donors (Lipinski definition) is 1. The molecule has 34 heavy (non-hydrogen) atoms. The Hall–Kier alpha value is -2.88. The predicted molar refractivity (Wildman–Crippen MR) is 142 cm³/mol. The van der Waals surface area contributed by atoms with Crippen LogP contribution < -0.4 is 0 Å². The zero-order valence-corrected chi connectivity index (χ0v) is 21.5. The van der Waals surface area contributed by atoms with Gasteiger partial charge in [0.25, 0.3) is 0 Å². The highest BCUT2D eigenvalue weighted by atomic mass is 19.1. The average Bonchev–Trinajstić information content (AvgIpc) is 3.39. The average molecular weight is 460 g/mol. The molecule has 4 heteroatoms. The fourth-order valence-electron chi connectivity index (χ4n) is 5.73. The molecular formula is C30H38FN3. The smallest absolute Gasteiger partial charge is 0.126 e. The second-order valence-electron chi connectivity index (χ2n) is 10.3. The highest BCUT2D eigenvalue weighted by molar-refractivity contribution is 5.98. The van der Waals surface area contributed by atoms with Gasteiger partial charge >= 0.3 is 0 Å². The number of aromatic amines is 1. The first-order valence-electron chi connectivity index (χ1n) is 12.7. The first-order valence-corrected chi connectivity index (χ1v) is 12.7.